The number of aromatic nitrogens is 1. The molecule has 0 amide bonds. The van der Waals surface area contributed by atoms with Crippen LogP contribution in [0.15, 0.2) is 92.3 Å². The van der Waals surface area contributed by atoms with E-state index in [9.17, 15) is 14.4 Å². The minimum atomic E-state index is -0.982. The highest BCUT2D eigenvalue weighted by molar-refractivity contribution is 9.10. The summed E-state index contributed by atoms with van der Waals surface area (Å²) in [5.74, 6) is -0.275. The summed E-state index contributed by atoms with van der Waals surface area (Å²) in [4.78, 5) is 43.8. The third-order valence-corrected chi connectivity index (χ3v) is 8.75. The van der Waals surface area contributed by atoms with E-state index < -0.39 is 18.0 Å². The van der Waals surface area contributed by atoms with Crippen LogP contribution in [0.25, 0.3) is 6.08 Å². The number of thiazole rings is 1. The van der Waals surface area contributed by atoms with Crippen molar-refractivity contribution < 1.29 is 28.9 Å². The minimum Gasteiger partial charge on any atom is -0.497 e. The fourth-order valence-electron chi connectivity index (χ4n) is 5.03. The molecule has 0 unspecified atom stereocenters. The summed E-state index contributed by atoms with van der Waals surface area (Å²) >= 11 is 4.83. The van der Waals surface area contributed by atoms with Gasteiger partial charge in [0.1, 0.15) is 18.1 Å². The smallest absolute Gasteiger partial charge is 0.338 e. The molecular weight excluding hydrogens is 660 g/mol. The molecule has 0 aliphatic carbocycles. The largest absolute Gasteiger partial charge is 0.497 e. The average molecular weight is 692 g/mol. The summed E-state index contributed by atoms with van der Waals surface area (Å²) in [6.45, 7) is 4.22. The number of carboxylic acids is 1. The SMILES string of the molecule is CCCC1=C(C(=O)OCC)[C@@H](c2cccc(OC)c2)n2c(s/c(=C/c3ccc(OCc4ccc(C(=O)O)cc4)c(Br)c3)c2=O)=N1. The fourth-order valence-corrected chi connectivity index (χ4v) is 6.56. The number of carbonyl (C=O) groups is 2. The van der Waals surface area contributed by atoms with Gasteiger partial charge in [-0.2, -0.15) is 0 Å². The van der Waals surface area contributed by atoms with Crippen molar-refractivity contribution in [3.8, 4) is 11.5 Å². The first-order valence-corrected chi connectivity index (χ1v) is 16.0. The number of esters is 1. The summed E-state index contributed by atoms with van der Waals surface area (Å²) in [6, 6.07) is 18.6. The second-order valence-corrected chi connectivity index (χ2v) is 12.0. The molecule has 0 bridgehead atoms. The topological polar surface area (TPSA) is 116 Å². The number of halogens is 1. The van der Waals surface area contributed by atoms with Crippen molar-refractivity contribution in [2.75, 3.05) is 13.7 Å². The zero-order valence-electron chi connectivity index (χ0n) is 24.9. The molecule has 232 valence electrons. The van der Waals surface area contributed by atoms with Crippen molar-refractivity contribution in [3.05, 3.63) is 124 Å². The van der Waals surface area contributed by atoms with Crippen LogP contribution in [0.2, 0.25) is 0 Å². The Kier molecular flexibility index (Phi) is 9.99. The van der Waals surface area contributed by atoms with Gasteiger partial charge in [0.2, 0.25) is 0 Å². The predicted octanol–water partition coefficient (Wildman–Crippen LogP) is 5.63. The molecular formula is C34H31BrN2O7S. The van der Waals surface area contributed by atoms with E-state index in [-0.39, 0.29) is 24.3 Å². The van der Waals surface area contributed by atoms with Crippen LogP contribution < -0.4 is 24.4 Å². The van der Waals surface area contributed by atoms with Gasteiger partial charge in [-0.1, -0.05) is 55.0 Å². The van der Waals surface area contributed by atoms with E-state index in [4.69, 9.17) is 24.3 Å². The third-order valence-electron chi connectivity index (χ3n) is 7.15. The van der Waals surface area contributed by atoms with E-state index in [1.807, 2.05) is 43.3 Å². The van der Waals surface area contributed by atoms with Crippen LogP contribution >= 0.6 is 27.3 Å². The second kappa shape index (κ2) is 14.1. The van der Waals surface area contributed by atoms with E-state index in [1.54, 1.807) is 42.9 Å². The molecule has 0 saturated carbocycles. The Morgan fingerprint density at radius 1 is 1.09 bits per heavy atom. The molecule has 5 rings (SSSR count). The number of fused-ring (bicyclic) bond motifs is 1. The first kappa shape index (κ1) is 31.9. The van der Waals surface area contributed by atoms with Crippen LogP contribution in [0, 0.1) is 0 Å². The molecule has 1 N–H and O–H groups in total. The van der Waals surface area contributed by atoms with Crippen molar-refractivity contribution in [2.45, 2.75) is 39.3 Å². The summed E-state index contributed by atoms with van der Waals surface area (Å²) < 4.78 is 19.6. The average Bonchev–Trinajstić information content (AvgIpc) is 3.34. The predicted molar refractivity (Wildman–Crippen MR) is 175 cm³/mol. The van der Waals surface area contributed by atoms with Crippen LogP contribution in [0.5, 0.6) is 11.5 Å². The van der Waals surface area contributed by atoms with Crippen molar-refractivity contribution in [1.82, 2.24) is 4.57 Å². The molecule has 1 aliphatic rings. The second-order valence-electron chi connectivity index (χ2n) is 10.2. The molecule has 1 aliphatic heterocycles. The Morgan fingerprint density at radius 2 is 1.87 bits per heavy atom. The van der Waals surface area contributed by atoms with Crippen molar-refractivity contribution in [2.24, 2.45) is 4.99 Å². The van der Waals surface area contributed by atoms with E-state index in [2.05, 4.69) is 15.9 Å². The number of methoxy groups -OCH3 is 1. The zero-order valence-corrected chi connectivity index (χ0v) is 27.3. The number of aromatic carboxylic acids is 1. The Balaban J connectivity index is 1.52. The lowest BCUT2D eigenvalue weighted by molar-refractivity contribution is -0.139. The maximum Gasteiger partial charge on any atom is 0.338 e. The molecule has 45 heavy (non-hydrogen) atoms. The number of hydrogen-bond acceptors (Lipinski definition) is 8. The van der Waals surface area contributed by atoms with Gasteiger partial charge in [0.25, 0.3) is 5.56 Å². The quantitative estimate of drug-likeness (QED) is 0.203. The van der Waals surface area contributed by atoms with Gasteiger partial charge in [-0.25, -0.2) is 14.6 Å². The van der Waals surface area contributed by atoms with Crippen molar-refractivity contribution >= 4 is 45.3 Å². The molecule has 0 saturated heterocycles. The molecule has 2 heterocycles. The van der Waals surface area contributed by atoms with Crippen molar-refractivity contribution in [1.29, 1.82) is 0 Å². The number of carboxylic acid groups (broad SMARTS) is 1. The first-order chi connectivity index (χ1) is 21.7. The summed E-state index contributed by atoms with van der Waals surface area (Å²) in [5, 5.41) is 9.10. The Morgan fingerprint density at radius 3 is 2.53 bits per heavy atom. The van der Waals surface area contributed by atoms with E-state index in [0.717, 1.165) is 23.1 Å². The van der Waals surface area contributed by atoms with Gasteiger partial charge in [0.05, 0.1) is 45.6 Å². The lowest BCUT2D eigenvalue weighted by atomic mass is 9.94. The Hall–Kier alpha value is -4.48. The zero-order chi connectivity index (χ0) is 32.1. The van der Waals surface area contributed by atoms with Crippen LogP contribution in [0.1, 0.15) is 59.8 Å². The number of benzene rings is 3. The van der Waals surface area contributed by atoms with Crippen LogP contribution in [-0.2, 0) is 16.1 Å². The number of allylic oxidation sites excluding steroid dienone is 1. The number of carbonyl (C=O) groups excluding carboxylic acids is 1. The van der Waals surface area contributed by atoms with Crippen LogP contribution in [-0.4, -0.2) is 35.3 Å². The standard InChI is InChI=1S/C34H31BrN2O7S/c1-4-7-26-29(33(41)43-5-2)30(23-8-6-9-24(18-23)42-3)37-31(38)28(45-34(37)36-26)17-21-12-15-27(25(35)16-21)44-19-20-10-13-22(14-11-20)32(39)40/h6,8-18,30H,4-5,7,19H2,1-3H3,(H,39,40)/b28-17+/t30-/m1/s1. The number of nitrogens with zero attached hydrogens (tertiary/aromatic N) is 2. The molecule has 11 heteroatoms. The lowest BCUT2D eigenvalue weighted by Gasteiger charge is -2.26. The highest BCUT2D eigenvalue weighted by Crippen LogP contribution is 2.34. The Bertz CT molecular complexity index is 1960. The van der Waals surface area contributed by atoms with Crippen molar-refractivity contribution in [3.63, 3.8) is 0 Å². The highest BCUT2D eigenvalue weighted by Gasteiger charge is 2.34. The molecule has 0 spiro atoms. The first-order valence-electron chi connectivity index (χ1n) is 14.3. The Labute approximate surface area is 271 Å². The number of rotatable bonds is 11. The van der Waals surface area contributed by atoms with Gasteiger partial charge in [-0.15, -0.1) is 0 Å². The van der Waals surface area contributed by atoms with Gasteiger partial charge in [0, 0.05) is 0 Å². The minimum absolute atomic E-state index is 0.197. The van der Waals surface area contributed by atoms with Crippen LogP contribution in [0.3, 0.4) is 0 Å². The maximum atomic E-state index is 14.0. The van der Waals surface area contributed by atoms with Gasteiger partial charge in [-0.3, -0.25) is 9.36 Å². The van der Waals surface area contributed by atoms with Gasteiger partial charge < -0.3 is 19.3 Å². The number of hydrogen-bond donors (Lipinski definition) is 1. The van der Waals surface area contributed by atoms with E-state index in [1.165, 1.54) is 23.5 Å². The van der Waals surface area contributed by atoms with E-state index in [0.29, 0.717) is 43.0 Å². The van der Waals surface area contributed by atoms with E-state index >= 15 is 0 Å². The molecule has 0 fully saturated rings. The lowest BCUT2D eigenvalue weighted by Crippen LogP contribution is -2.40. The monoisotopic (exact) mass is 690 g/mol. The van der Waals surface area contributed by atoms with Gasteiger partial charge in [-0.05, 0) is 88.4 Å². The molecule has 0 radical (unpaired) electrons. The molecule has 3 aromatic carbocycles. The normalized spacial score (nSPS) is 14.5. The van der Waals surface area contributed by atoms with Crippen LogP contribution in [0.4, 0.5) is 0 Å². The summed E-state index contributed by atoms with van der Waals surface area (Å²) in [5.41, 5.74) is 3.21. The molecule has 1 atom stereocenters. The fraction of sp³-hybridized carbons (Fsp3) is 0.235. The van der Waals surface area contributed by atoms with Gasteiger partial charge in [0.15, 0.2) is 4.80 Å². The summed E-state index contributed by atoms with van der Waals surface area (Å²) in [6.07, 6.45) is 3.11. The third kappa shape index (κ3) is 6.94. The maximum absolute atomic E-state index is 14.0. The molecule has 1 aromatic heterocycles. The number of ether oxygens (including phenoxy) is 3. The molecule has 9 nitrogen and oxygen atoms in total. The summed E-state index contributed by atoms with van der Waals surface area (Å²) in [7, 11) is 1.57. The molecule has 4 aromatic rings. The van der Waals surface area contributed by atoms with Gasteiger partial charge >= 0.3 is 11.9 Å². The highest BCUT2D eigenvalue weighted by atomic mass is 79.9.